The first-order chi connectivity index (χ1) is 16.8. The van der Waals surface area contributed by atoms with E-state index in [2.05, 4.69) is 0 Å². The molecule has 4 nitrogen and oxygen atoms in total. The summed E-state index contributed by atoms with van der Waals surface area (Å²) in [5.41, 5.74) is 6.30. The van der Waals surface area contributed by atoms with Crippen LogP contribution in [-0.2, 0) is 23.6 Å². The van der Waals surface area contributed by atoms with Crippen molar-refractivity contribution in [3.8, 4) is 0 Å². The number of aryl methyl sites for hydroxylation is 1. The molecule has 1 heterocycles. The normalized spacial score (nSPS) is 15.9. The molecule has 0 radical (unpaired) electrons. The van der Waals surface area contributed by atoms with Gasteiger partial charge in [-0.1, -0.05) is 32.0 Å². The maximum absolute atomic E-state index is 13.3. The van der Waals surface area contributed by atoms with Gasteiger partial charge in [0.15, 0.2) is 0 Å². The lowest BCUT2D eigenvalue weighted by molar-refractivity contribution is -0.138. The standard InChI is InChI=1S/C26H31F6N3O/c1-17(2)14-22(33)21-16-20(26(30,31)32)7-8-23(21)34-10-12-35(13-11-34)24(36)9-6-18-4-3-5-19(15-18)25(27,28)29/h3-5,7-8,15-17,22H,6,9-14,33H2,1-2H3/t22-/m0/s1. The molecule has 0 bridgehead atoms. The van der Waals surface area contributed by atoms with E-state index in [1.54, 1.807) is 11.0 Å². The van der Waals surface area contributed by atoms with Crippen LogP contribution in [0.3, 0.4) is 0 Å². The molecule has 0 unspecified atom stereocenters. The summed E-state index contributed by atoms with van der Waals surface area (Å²) in [4.78, 5) is 16.3. The van der Waals surface area contributed by atoms with Crippen molar-refractivity contribution in [2.45, 2.75) is 51.5 Å². The molecule has 1 aliphatic heterocycles. The largest absolute Gasteiger partial charge is 0.416 e. The number of carbonyl (C=O) groups is 1. The Balaban J connectivity index is 1.65. The molecule has 1 amide bonds. The topological polar surface area (TPSA) is 49.6 Å². The fourth-order valence-corrected chi connectivity index (χ4v) is 4.46. The average molecular weight is 516 g/mol. The SMILES string of the molecule is CC(C)C[C@H](N)c1cc(C(F)(F)F)ccc1N1CCN(C(=O)CCc2cccc(C(F)(F)F)c2)CC1. The van der Waals surface area contributed by atoms with E-state index in [4.69, 9.17) is 5.73 Å². The van der Waals surface area contributed by atoms with Gasteiger partial charge < -0.3 is 15.5 Å². The minimum absolute atomic E-state index is 0.0755. The fraction of sp³-hybridized carbons (Fsp3) is 0.500. The number of anilines is 1. The lowest BCUT2D eigenvalue weighted by Gasteiger charge is -2.38. The number of alkyl halides is 6. The van der Waals surface area contributed by atoms with Crippen LogP contribution < -0.4 is 10.6 Å². The van der Waals surface area contributed by atoms with Gasteiger partial charge in [-0.25, -0.2) is 0 Å². The van der Waals surface area contributed by atoms with E-state index < -0.39 is 29.5 Å². The first-order valence-electron chi connectivity index (χ1n) is 11.9. The molecule has 1 aliphatic rings. The number of hydrogen-bond acceptors (Lipinski definition) is 3. The molecule has 2 aromatic rings. The number of halogens is 6. The molecule has 0 aliphatic carbocycles. The fourth-order valence-electron chi connectivity index (χ4n) is 4.46. The van der Waals surface area contributed by atoms with Crippen molar-refractivity contribution in [2.75, 3.05) is 31.1 Å². The van der Waals surface area contributed by atoms with Crippen molar-refractivity contribution in [1.82, 2.24) is 4.90 Å². The van der Waals surface area contributed by atoms with Gasteiger partial charge in [0.25, 0.3) is 0 Å². The van der Waals surface area contributed by atoms with Gasteiger partial charge in [-0.15, -0.1) is 0 Å². The zero-order chi connectivity index (χ0) is 26.7. The van der Waals surface area contributed by atoms with E-state index in [0.717, 1.165) is 24.3 Å². The molecule has 36 heavy (non-hydrogen) atoms. The van der Waals surface area contributed by atoms with E-state index >= 15 is 0 Å². The summed E-state index contributed by atoms with van der Waals surface area (Å²) in [5.74, 6) is 0.0323. The lowest BCUT2D eigenvalue weighted by Crippen LogP contribution is -2.49. The molecule has 3 rings (SSSR count). The van der Waals surface area contributed by atoms with E-state index in [9.17, 15) is 31.1 Å². The highest BCUT2D eigenvalue weighted by atomic mass is 19.4. The van der Waals surface area contributed by atoms with Gasteiger partial charge in [0.2, 0.25) is 5.91 Å². The highest BCUT2D eigenvalue weighted by molar-refractivity contribution is 5.77. The number of rotatable bonds is 7. The van der Waals surface area contributed by atoms with Crippen LogP contribution in [0.5, 0.6) is 0 Å². The number of piperazine rings is 1. The average Bonchev–Trinajstić information content (AvgIpc) is 2.81. The predicted molar refractivity (Wildman–Crippen MR) is 126 cm³/mol. The smallest absolute Gasteiger partial charge is 0.368 e. The third kappa shape index (κ3) is 7.15. The number of nitrogens with zero attached hydrogens (tertiary/aromatic N) is 2. The quantitative estimate of drug-likeness (QED) is 0.457. The molecule has 0 spiro atoms. The number of carbonyl (C=O) groups excluding carboxylic acids is 1. The van der Waals surface area contributed by atoms with Gasteiger partial charge in [-0.3, -0.25) is 4.79 Å². The Morgan fingerprint density at radius 2 is 1.53 bits per heavy atom. The Kier molecular flexibility index (Phi) is 8.59. The Hall–Kier alpha value is -2.75. The maximum atomic E-state index is 13.3. The van der Waals surface area contributed by atoms with Gasteiger partial charge in [0.05, 0.1) is 11.1 Å². The summed E-state index contributed by atoms with van der Waals surface area (Å²) in [6.45, 7) is 5.47. The van der Waals surface area contributed by atoms with Crippen LogP contribution in [0.25, 0.3) is 0 Å². The number of nitrogens with two attached hydrogens (primary N) is 1. The third-order valence-corrected chi connectivity index (χ3v) is 6.33. The second kappa shape index (κ2) is 11.1. The number of amides is 1. The van der Waals surface area contributed by atoms with E-state index in [0.29, 0.717) is 49.4 Å². The van der Waals surface area contributed by atoms with Crippen molar-refractivity contribution < 1.29 is 31.1 Å². The van der Waals surface area contributed by atoms with Crippen molar-refractivity contribution in [3.05, 3.63) is 64.7 Å². The summed E-state index contributed by atoms with van der Waals surface area (Å²) in [5, 5.41) is 0. The zero-order valence-electron chi connectivity index (χ0n) is 20.3. The summed E-state index contributed by atoms with van der Waals surface area (Å²) >= 11 is 0. The van der Waals surface area contributed by atoms with Crippen LogP contribution in [0.4, 0.5) is 32.0 Å². The predicted octanol–water partition coefficient (Wildman–Crippen LogP) is 6.05. The second-order valence-corrected chi connectivity index (χ2v) is 9.57. The van der Waals surface area contributed by atoms with Gasteiger partial charge in [-0.2, -0.15) is 26.3 Å². The van der Waals surface area contributed by atoms with Crippen molar-refractivity contribution in [1.29, 1.82) is 0 Å². The van der Waals surface area contributed by atoms with Crippen LogP contribution in [0.15, 0.2) is 42.5 Å². The highest BCUT2D eigenvalue weighted by Gasteiger charge is 2.33. The van der Waals surface area contributed by atoms with E-state index in [1.807, 2.05) is 18.7 Å². The molecular weight excluding hydrogens is 484 g/mol. The molecule has 2 N–H and O–H groups in total. The zero-order valence-corrected chi connectivity index (χ0v) is 20.3. The van der Waals surface area contributed by atoms with Crippen LogP contribution >= 0.6 is 0 Å². The molecule has 1 fully saturated rings. The minimum atomic E-state index is -4.48. The van der Waals surface area contributed by atoms with Crippen LogP contribution in [0.2, 0.25) is 0 Å². The number of hydrogen-bond donors (Lipinski definition) is 1. The first-order valence-corrected chi connectivity index (χ1v) is 11.9. The Labute approximate surface area is 207 Å². The van der Waals surface area contributed by atoms with Crippen LogP contribution in [-0.4, -0.2) is 37.0 Å². The van der Waals surface area contributed by atoms with Crippen molar-refractivity contribution in [3.63, 3.8) is 0 Å². The Morgan fingerprint density at radius 1 is 0.917 bits per heavy atom. The van der Waals surface area contributed by atoms with Gasteiger partial charge in [0.1, 0.15) is 0 Å². The molecule has 10 heteroatoms. The van der Waals surface area contributed by atoms with Crippen molar-refractivity contribution in [2.24, 2.45) is 11.7 Å². The highest BCUT2D eigenvalue weighted by Crippen LogP contribution is 2.36. The van der Waals surface area contributed by atoms with E-state index in [-0.39, 0.29) is 24.7 Å². The monoisotopic (exact) mass is 515 g/mol. The van der Waals surface area contributed by atoms with Crippen LogP contribution in [0, 0.1) is 5.92 Å². The summed E-state index contributed by atoms with van der Waals surface area (Å²) < 4.78 is 78.7. The van der Waals surface area contributed by atoms with Crippen molar-refractivity contribution >= 4 is 11.6 Å². The molecule has 198 valence electrons. The molecule has 0 aromatic heterocycles. The Morgan fingerprint density at radius 3 is 2.11 bits per heavy atom. The third-order valence-electron chi connectivity index (χ3n) is 6.33. The second-order valence-electron chi connectivity index (χ2n) is 9.57. The van der Waals surface area contributed by atoms with E-state index in [1.165, 1.54) is 12.1 Å². The number of benzene rings is 2. The van der Waals surface area contributed by atoms with Crippen LogP contribution in [0.1, 0.15) is 55.0 Å². The van der Waals surface area contributed by atoms with Gasteiger partial charge in [0, 0.05) is 44.3 Å². The summed E-state index contributed by atoms with van der Waals surface area (Å²) in [7, 11) is 0. The molecule has 0 saturated carbocycles. The molecule has 2 aromatic carbocycles. The molecule has 1 atom stereocenters. The lowest BCUT2D eigenvalue weighted by atomic mass is 9.94. The summed E-state index contributed by atoms with van der Waals surface area (Å²) in [6, 6.07) is 7.99. The summed E-state index contributed by atoms with van der Waals surface area (Å²) in [6.07, 6.45) is -8.12. The first kappa shape index (κ1) is 27.8. The minimum Gasteiger partial charge on any atom is -0.368 e. The molecular formula is C26H31F6N3O. The molecule has 1 saturated heterocycles. The Bertz CT molecular complexity index is 1040. The van der Waals surface area contributed by atoms with Gasteiger partial charge in [-0.05, 0) is 54.2 Å². The van der Waals surface area contributed by atoms with Gasteiger partial charge >= 0.3 is 12.4 Å². The maximum Gasteiger partial charge on any atom is 0.416 e.